The molecule has 5 rings (SSSR count). The molecule has 10 nitrogen and oxygen atoms in total. The van der Waals surface area contributed by atoms with E-state index in [9.17, 15) is 24.6 Å². The molecular weight excluding hydrogens is 500 g/mol. The number of rotatable bonds is 10. The second-order valence-electron chi connectivity index (χ2n) is 10.8. The Morgan fingerprint density at radius 3 is 2.41 bits per heavy atom. The number of β-lactam (4-membered cyclic amide) rings is 1. The Kier molecular flexibility index (Phi) is 7.61. The minimum atomic E-state index is -1.16. The molecule has 2 aromatic carbocycles. The van der Waals surface area contributed by atoms with Crippen molar-refractivity contribution in [1.82, 2.24) is 14.7 Å². The van der Waals surface area contributed by atoms with E-state index >= 15 is 0 Å². The van der Waals surface area contributed by atoms with Gasteiger partial charge in [-0.15, -0.1) is 0 Å². The molecule has 0 aliphatic carbocycles. The molecule has 10 heteroatoms. The molecule has 0 saturated carbocycles. The zero-order valence-corrected chi connectivity index (χ0v) is 22.4. The number of amides is 2. The summed E-state index contributed by atoms with van der Waals surface area (Å²) in [6.07, 6.45) is 0.0218. The Bertz CT molecular complexity index is 1320. The number of aliphatic hydroxyl groups excluding tert-OH is 1. The van der Waals surface area contributed by atoms with Crippen LogP contribution in [0.15, 0.2) is 47.7 Å². The molecule has 2 saturated heterocycles. The SMILES string of the molecule is C[C@@H](O)[C@H]1C(=O)N2C(C(=O)O)=C(COc3cccc4c(CCN5CCN(CC(N)=O)CC5)cccc34)[C@H](C)[C@H]12. The third-order valence-electron chi connectivity index (χ3n) is 8.42. The van der Waals surface area contributed by atoms with E-state index in [1.807, 2.05) is 31.2 Å². The maximum absolute atomic E-state index is 12.6. The van der Waals surface area contributed by atoms with Crippen molar-refractivity contribution in [2.75, 3.05) is 45.9 Å². The number of aliphatic hydroxyl groups is 1. The van der Waals surface area contributed by atoms with Gasteiger partial charge in [-0.3, -0.25) is 14.5 Å². The van der Waals surface area contributed by atoms with Gasteiger partial charge < -0.3 is 30.5 Å². The van der Waals surface area contributed by atoms with Crippen LogP contribution in [0.5, 0.6) is 5.75 Å². The highest BCUT2D eigenvalue weighted by Gasteiger charge is 2.59. The van der Waals surface area contributed by atoms with Crippen LogP contribution in [0.2, 0.25) is 0 Å². The molecule has 3 aliphatic rings. The van der Waals surface area contributed by atoms with Crippen LogP contribution >= 0.6 is 0 Å². The van der Waals surface area contributed by atoms with Crippen LogP contribution in [0, 0.1) is 11.8 Å². The fourth-order valence-corrected chi connectivity index (χ4v) is 6.35. The summed E-state index contributed by atoms with van der Waals surface area (Å²) in [5, 5.41) is 22.0. The quantitative estimate of drug-likeness (QED) is 0.384. The Morgan fingerprint density at radius 1 is 1.08 bits per heavy atom. The first-order valence-corrected chi connectivity index (χ1v) is 13.5. The number of ether oxygens (including phenoxy) is 1. The van der Waals surface area contributed by atoms with Crippen LogP contribution < -0.4 is 10.5 Å². The average Bonchev–Trinajstić information content (AvgIpc) is 3.14. The lowest BCUT2D eigenvalue weighted by Crippen LogP contribution is -2.63. The van der Waals surface area contributed by atoms with Crippen molar-refractivity contribution in [3.8, 4) is 5.75 Å². The summed E-state index contributed by atoms with van der Waals surface area (Å²) in [6, 6.07) is 11.7. The van der Waals surface area contributed by atoms with Gasteiger partial charge in [0.1, 0.15) is 18.1 Å². The van der Waals surface area contributed by atoms with Crippen LogP contribution in [0.1, 0.15) is 19.4 Å². The molecule has 4 N–H and O–H groups in total. The van der Waals surface area contributed by atoms with Crippen molar-refractivity contribution in [3.05, 3.63) is 53.2 Å². The number of hydrogen-bond acceptors (Lipinski definition) is 7. The molecule has 2 fully saturated rings. The van der Waals surface area contributed by atoms with Gasteiger partial charge in [-0.05, 0) is 30.4 Å². The topological polar surface area (TPSA) is 137 Å². The first-order chi connectivity index (χ1) is 18.7. The van der Waals surface area contributed by atoms with E-state index < -0.39 is 18.0 Å². The summed E-state index contributed by atoms with van der Waals surface area (Å²) in [4.78, 5) is 41.7. The van der Waals surface area contributed by atoms with Crippen LogP contribution in [0.3, 0.4) is 0 Å². The average molecular weight is 537 g/mol. The molecule has 0 radical (unpaired) electrons. The lowest BCUT2D eigenvalue weighted by Gasteiger charge is -2.46. The lowest BCUT2D eigenvalue weighted by molar-refractivity contribution is -0.163. The summed E-state index contributed by atoms with van der Waals surface area (Å²) < 4.78 is 6.23. The van der Waals surface area contributed by atoms with E-state index in [-0.39, 0.29) is 36.1 Å². The number of carboxylic acids is 1. The molecule has 0 unspecified atom stereocenters. The van der Waals surface area contributed by atoms with Gasteiger partial charge in [0.2, 0.25) is 11.8 Å². The number of carboxylic acid groups (broad SMARTS) is 1. The van der Waals surface area contributed by atoms with Crippen molar-refractivity contribution < 1.29 is 29.3 Å². The molecule has 2 amide bonds. The van der Waals surface area contributed by atoms with Crippen molar-refractivity contribution in [1.29, 1.82) is 0 Å². The number of piperazine rings is 1. The summed E-state index contributed by atoms with van der Waals surface area (Å²) >= 11 is 0. The molecule has 0 spiro atoms. The predicted octanol–water partition coefficient (Wildman–Crippen LogP) is 1.06. The predicted molar refractivity (Wildman–Crippen MR) is 145 cm³/mol. The van der Waals surface area contributed by atoms with E-state index in [1.165, 1.54) is 10.5 Å². The highest BCUT2D eigenvalue weighted by Crippen LogP contribution is 2.47. The van der Waals surface area contributed by atoms with Crippen molar-refractivity contribution in [2.24, 2.45) is 17.6 Å². The van der Waals surface area contributed by atoms with Gasteiger partial charge in [-0.2, -0.15) is 0 Å². The first kappa shape index (κ1) is 27.1. The van der Waals surface area contributed by atoms with Gasteiger partial charge in [0.25, 0.3) is 0 Å². The lowest BCUT2D eigenvalue weighted by atomic mass is 9.78. The molecule has 2 aromatic rings. The maximum atomic E-state index is 12.6. The van der Waals surface area contributed by atoms with E-state index in [2.05, 4.69) is 21.9 Å². The molecule has 3 heterocycles. The minimum absolute atomic E-state index is 0.0220. The largest absolute Gasteiger partial charge is 0.488 e. The van der Waals surface area contributed by atoms with Crippen LogP contribution in [0.4, 0.5) is 0 Å². The first-order valence-electron chi connectivity index (χ1n) is 13.5. The zero-order valence-electron chi connectivity index (χ0n) is 22.4. The van der Waals surface area contributed by atoms with Crippen LogP contribution in [0.25, 0.3) is 10.8 Å². The monoisotopic (exact) mass is 536 g/mol. The second kappa shape index (κ2) is 11.0. The van der Waals surface area contributed by atoms with Gasteiger partial charge in [-0.1, -0.05) is 37.3 Å². The van der Waals surface area contributed by atoms with Crippen molar-refractivity contribution in [2.45, 2.75) is 32.4 Å². The fraction of sp³-hybridized carbons (Fsp3) is 0.483. The Morgan fingerprint density at radius 2 is 1.74 bits per heavy atom. The summed E-state index contributed by atoms with van der Waals surface area (Å²) in [7, 11) is 0. The number of aliphatic carboxylic acids is 1. The van der Waals surface area contributed by atoms with E-state index in [4.69, 9.17) is 10.5 Å². The summed E-state index contributed by atoms with van der Waals surface area (Å²) in [5.74, 6) is -1.97. The Hall–Kier alpha value is -3.47. The number of fused-ring (bicyclic) bond motifs is 2. The standard InChI is InChI=1S/C29H36N4O6/c1-17-22(27(29(37)38)33-26(17)25(18(2)34)28(33)36)16-39-23-8-4-6-20-19(5-3-7-21(20)23)9-10-31-11-13-32(14-12-31)15-24(30)35/h3-8,17-18,25-26,34H,9-16H2,1-2H3,(H2,30,35)(H,37,38)/t17-,18+,25+,26+/m0/s1. The number of hydrogen-bond donors (Lipinski definition) is 3. The third kappa shape index (κ3) is 5.11. The third-order valence-corrected chi connectivity index (χ3v) is 8.42. The number of primary amides is 1. The molecular formula is C29H36N4O6. The second-order valence-corrected chi connectivity index (χ2v) is 10.8. The van der Waals surface area contributed by atoms with E-state index in [0.717, 1.165) is 49.9 Å². The molecule has 0 aromatic heterocycles. The summed E-state index contributed by atoms with van der Waals surface area (Å²) in [6.45, 7) is 8.15. The molecule has 208 valence electrons. The minimum Gasteiger partial charge on any atom is -0.488 e. The van der Waals surface area contributed by atoms with Gasteiger partial charge in [-0.25, -0.2) is 4.79 Å². The highest BCUT2D eigenvalue weighted by atomic mass is 16.5. The normalized spacial score (nSPS) is 24.5. The number of nitrogens with two attached hydrogens (primary N) is 1. The van der Waals surface area contributed by atoms with Gasteiger partial charge in [0.05, 0.1) is 24.6 Å². The number of carbonyl (C=O) groups excluding carboxylic acids is 2. The number of benzene rings is 2. The van der Waals surface area contributed by atoms with Gasteiger partial charge >= 0.3 is 5.97 Å². The smallest absolute Gasteiger partial charge is 0.352 e. The molecule has 3 aliphatic heterocycles. The van der Waals surface area contributed by atoms with Gasteiger partial charge in [0, 0.05) is 49.6 Å². The zero-order chi connectivity index (χ0) is 27.8. The molecule has 0 bridgehead atoms. The highest BCUT2D eigenvalue weighted by molar-refractivity contribution is 6.00. The number of nitrogens with zero attached hydrogens (tertiary/aromatic N) is 3. The van der Waals surface area contributed by atoms with E-state index in [0.29, 0.717) is 17.9 Å². The van der Waals surface area contributed by atoms with E-state index in [1.54, 1.807) is 6.92 Å². The van der Waals surface area contributed by atoms with Gasteiger partial charge in [0.15, 0.2) is 0 Å². The Balaban J connectivity index is 1.29. The molecule has 4 atom stereocenters. The van der Waals surface area contributed by atoms with Crippen molar-refractivity contribution in [3.63, 3.8) is 0 Å². The van der Waals surface area contributed by atoms with Crippen molar-refractivity contribution >= 4 is 28.6 Å². The molecule has 39 heavy (non-hydrogen) atoms. The van der Waals surface area contributed by atoms with Crippen LogP contribution in [-0.2, 0) is 20.8 Å². The van der Waals surface area contributed by atoms with Crippen LogP contribution in [-0.4, -0.2) is 101 Å². The summed E-state index contributed by atoms with van der Waals surface area (Å²) in [5.41, 5.74) is 7.06. The fourth-order valence-electron chi connectivity index (χ4n) is 6.35. The maximum Gasteiger partial charge on any atom is 0.352 e. The Labute approximate surface area is 227 Å². The number of carbonyl (C=O) groups is 3.